The summed E-state index contributed by atoms with van der Waals surface area (Å²) in [4.78, 5) is 5.86. The van der Waals surface area contributed by atoms with Gasteiger partial charge in [-0.15, -0.1) is 0 Å². The number of benzene rings is 3. The van der Waals surface area contributed by atoms with E-state index in [1.54, 1.807) is 11.8 Å². The largest absolute Gasteiger partial charge is 0.256 e. The van der Waals surface area contributed by atoms with E-state index >= 15 is 0 Å². The maximum atomic E-state index is 4.82. The lowest BCUT2D eigenvalue weighted by molar-refractivity contribution is 0.793. The van der Waals surface area contributed by atoms with Gasteiger partial charge in [-0.25, -0.2) is 4.68 Å². The first kappa shape index (κ1) is 19.7. The molecule has 3 aromatic carbocycles. The molecular weight excluding hydrogens is 442 g/mol. The second-order valence-corrected chi connectivity index (χ2v) is 8.68. The van der Waals surface area contributed by atoms with E-state index in [1.165, 1.54) is 10.5 Å². The highest BCUT2D eigenvalue weighted by Crippen LogP contribution is 2.33. The number of aromatic nitrogens is 2. The Balaban J connectivity index is 1.77. The molecule has 0 aliphatic heterocycles. The molecule has 0 saturated carbocycles. The van der Waals surface area contributed by atoms with Crippen LogP contribution in [-0.4, -0.2) is 16.0 Å². The van der Waals surface area contributed by atoms with Crippen LogP contribution >= 0.6 is 27.7 Å². The lowest BCUT2D eigenvalue weighted by Gasteiger charge is -2.08. The first-order valence-electron chi connectivity index (χ1n) is 9.29. The zero-order valence-corrected chi connectivity index (χ0v) is 18.6. The van der Waals surface area contributed by atoms with Gasteiger partial charge in [0.1, 0.15) is 5.03 Å². The number of hydrogen-bond donors (Lipinski definition) is 0. The van der Waals surface area contributed by atoms with Gasteiger partial charge in [0, 0.05) is 21.1 Å². The molecule has 0 aliphatic rings. The van der Waals surface area contributed by atoms with Crippen molar-refractivity contribution < 1.29 is 0 Å². The predicted molar refractivity (Wildman–Crippen MR) is 125 cm³/mol. The predicted octanol–water partition coefficient (Wildman–Crippen LogP) is 7.15. The number of aryl methyl sites for hydroxylation is 2. The summed E-state index contributed by atoms with van der Waals surface area (Å²) >= 11 is 5.17. The molecule has 0 radical (unpaired) electrons. The first-order valence-corrected chi connectivity index (χ1v) is 10.9. The molecule has 5 heteroatoms. The molecule has 0 atom stereocenters. The first-order chi connectivity index (χ1) is 14.1. The molecule has 1 heterocycles. The lowest BCUT2D eigenvalue weighted by Crippen LogP contribution is -1.98. The van der Waals surface area contributed by atoms with Gasteiger partial charge in [0.05, 0.1) is 17.1 Å². The SMILES string of the molecule is Cc1ccc(Sc2c(C=Nc3ccc(Br)cc3)c(C)nn2-c2ccccc2)cc1. The Labute approximate surface area is 183 Å². The van der Waals surface area contributed by atoms with Crippen LogP contribution in [0.25, 0.3) is 5.69 Å². The van der Waals surface area contributed by atoms with Gasteiger partial charge in [-0.05, 0) is 62.4 Å². The Kier molecular flexibility index (Phi) is 5.97. The summed E-state index contributed by atoms with van der Waals surface area (Å²) in [6.07, 6.45) is 1.92. The molecule has 4 rings (SSSR count). The second-order valence-electron chi connectivity index (χ2n) is 6.70. The number of aliphatic imine (C=N–C) groups is 1. The molecule has 1 aromatic heterocycles. The van der Waals surface area contributed by atoms with Gasteiger partial charge < -0.3 is 0 Å². The summed E-state index contributed by atoms with van der Waals surface area (Å²) in [5, 5.41) is 5.87. The lowest BCUT2D eigenvalue weighted by atomic mass is 10.2. The minimum absolute atomic E-state index is 0.909. The van der Waals surface area contributed by atoms with Gasteiger partial charge in [-0.3, -0.25) is 4.99 Å². The summed E-state index contributed by atoms with van der Waals surface area (Å²) in [6, 6.07) is 26.7. The van der Waals surface area contributed by atoms with Crippen LogP contribution in [0.1, 0.15) is 16.8 Å². The molecule has 3 nitrogen and oxygen atoms in total. The van der Waals surface area contributed by atoms with Gasteiger partial charge in [-0.2, -0.15) is 5.10 Å². The Morgan fingerprint density at radius 1 is 0.897 bits per heavy atom. The van der Waals surface area contributed by atoms with Crippen LogP contribution < -0.4 is 0 Å². The minimum Gasteiger partial charge on any atom is -0.256 e. The summed E-state index contributed by atoms with van der Waals surface area (Å²) in [7, 11) is 0. The van der Waals surface area contributed by atoms with E-state index in [-0.39, 0.29) is 0 Å². The van der Waals surface area contributed by atoms with Gasteiger partial charge in [0.15, 0.2) is 0 Å². The van der Waals surface area contributed by atoms with Crippen molar-refractivity contribution in [1.29, 1.82) is 0 Å². The fraction of sp³-hybridized carbons (Fsp3) is 0.0833. The number of hydrogen-bond acceptors (Lipinski definition) is 3. The molecule has 0 spiro atoms. The molecule has 0 amide bonds. The molecule has 0 N–H and O–H groups in total. The molecular formula is C24H20BrN3S. The average Bonchev–Trinajstić information content (AvgIpc) is 3.05. The Hall–Kier alpha value is -2.63. The average molecular weight is 462 g/mol. The van der Waals surface area contributed by atoms with Crippen molar-refractivity contribution in [2.45, 2.75) is 23.8 Å². The van der Waals surface area contributed by atoms with Gasteiger partial charge >= 0.3 is 0 Å². The summed E-state index contributed by atoms with van der Waals surface area (Å²) < 4.78 is 3.04. The zero-order chi connectivity index (χ0) is 20.2. The molecule has 144 valence electrons. The summed E-state index contributed by atoms with van der Waals surface area (Å²) in [5.74, 6) is 0. The fourth-order valence-electron chi connectivity index (χ4n) is 2.89. The highest BCUT2D eigenvalue weighted by atomic mass is 79.9. The van der Waals surface area contributed by atoms with Crippen LogP contribution in [0.2, 0.25) is 0 Å². The monoisotopic (exact) mass is 461 g/mol. The van der Waals surface area contributed by atoms with E-state index in [4.69, 9.17) is 5.10 Å². The van der Waals surface area contributed by atoms with Crippen LogP contribution in [0.15, 0.2) is 98.2 Å². The van der Waals surface area contributed by atoms with Crippen molar-refractivity contribution in [3.8, 4) is 5.69 Å². The van der Waals surface area contributed by atoms with Crippen LogP contribution in [0.5, 0.6) is 0 Å². The maximum absolute atomic E-state index is 4.82. The van der Waals surface area contributed by atoms with Crippen LogP contribution in [-0.2, 0) is 0 Å². The molecule has 29 heavy (non-hydrogen) atoms. The molecule has 0 saturated heterocycles. The van der Waals surface area contributed by atoms with E-state index < -0.39 is 0 Å². The van der Waals surface area contributed by atoms with Gasteiger partial charge in [0.2, 0.25) is 0 Å². The highest BCUT2D eigenvalue weighted by Gasteiger charge is 2.16. The minimum atomic E-state index is 0.909. The van der Waals surface area contributed by atoms with Gasteiger partial charge in [-0.1, -0.05) is 63.6 Å². The molecule has 0 aliphatic carbocycles. The van der Waals surface area contributed by atoms with Crippen molar-refractivity contribution in [2.75, 3.05) is 0 Å². The fourth-order valence-corrected chi connectivity index (χ4v) is 4.20. The van der Waals surface area contributed by atoms with Crippen LogP contribution in [0.4, 0.5) is 5.69 Å². The second kappa shape index (κ2) is 8.80. The van der Waals surface area contributed by atoms with Crippen LogP contribution in [0, 0.1) is 13.8 Å². The molecule has 0 unspecified atom stereocenters. The van der Waals surface area contributed by atoms with E-state index in [2.05, 4.69) is 64.2 Å². The van der Waals surface area contributed by atoms with E-state index in [0.717, 1.165) is 32.1 Å². The zero-order valence-electron chi connectivity index (χ0n) is 16.2. The quantitative estimate of drug-likeness (QED) is 0.295. The van der Waals surface area contributed by atoms with E-state index in [1.807, 2.05) is 60.3 Å². The summed E-state index contributed by atoms with van der Waals surface area (Å²) in [5.41, 5.74) is 5.17. The smallest absolute Gasteiger partial charge is 0.114 e. The van der Waals surface area contributed by atoms with Crippen molar-refractivity contribution in [1.82, 2.24) is 9.78 Å². The third-order valence-corrected chi connectivity index (χ3v) is 6.09. The van der Waals surface area contributed by atoms with E-state index in [0.29, 0.717) is 0 Å². The Morgan fingerprint density at radius 2 is 1.59 bits per heavy atom. The molecule has 0 bridgehead atoms. The maximum Gasteiger partial charge on any atom is 0.114 e. The van der Waals surface area contributed by atoms with E-state index in [9.17, 15) is 0 Å². The third kappa shape index (κ3) is 4.69. The summed E-state index contributed by atoms with van der Waals surface area (Å²) in [6.45, 7) is 4.13. The number of para-hydroxylation sites is 1. The van der Waals surface area contributed by atoms with Crippen molar-refractivity contribution in [3.63, 3.8) is 0 Å². The van der Waals surface area contributed by atoms with Gasteiger partial charge in [0.25, 0.3) is 0 Å². The third-order valence-electron chi connectivity index (χ3n) is 4.47. The molecule has 4 aromatic rings. The van der Waals surface area contributed by atoms with Crippen LogP contribution in [0.3, 0.4) is 0 Å². The Bertz CT molecular complexity index is 1130. The number of nitrogens with zero attached hydrogens (tertiary/aromatic N) is 3. The number of halogens is 1. The van der Waals surface area contributed by atoms with Crippen molar-refractivity contribution in [2.24, 2.45) is 4.99 Å². The molecule has 0 fully saturated rings. The van der Waals surface area contributed by atoms with Crippen molar-refractivity contribution in [3.05, 3.63) is 100 Å². The highest BCUT2D eigenvalue weighted by molar-refractivity contribution is 9.10. The standard InChI is InChI=1S/C24H20BrN3S/c1-17-8-14-22(15-9-17)29-24-23(16-26-20-12-10-19(25)11-13-20)18(2)27-28(24)21-6-4-3-5-7-21/h3-16H,1-2H3. The number of rotatable bonds is 5. The topological polar surface area (TPSA) is 30.2 Å². The normalized spacial score (nSPS) is 11.3. The Morgan fingerprint density at radius 3 is 2.28 bits per heavy atom. The van der Waals surface area contributed by atoms with Crippen molar-refractivity contribution >= 4 is 39.6 Å².